The summed E-state index contributed by atoms with van der Waals surface area (Å²) in [6.07, 6.45) is 5.51. The van der Waals surface area contributed by atoms with E-state index in [1.807, 2.05) is 6.07 Å². The van der Waals surface area contributed by atoms with Crippen molar-refractivity contribution in [3.8, 4) is 5.75 Å². The molecule has 172 valence electrons. The van der Waals surface area contributed by atoms with Crippen LogP contribution in [-0.4, -0.2) is 20.9 Å². The normalized spacial score (nSPS) is 13.0. The molecule has 2 aromatic rings. The molecule has 5 heteroatoms. The summed E-state index contributed by atoms with van der Waals surface area (Å²) < 4.78 is 5.94. The standard InChI is InChI=1S/C26H38O4S/c1-6-9-19(14-25(4,5)26(29,7-2)8-3)22-13-24(31-18-22)17-30-23-11-10-20(15-27)21(12-23)16-28/h9-13,18,27-29H,6-8,14-17H2,1-5H3/b19-9-. The van der Waals surface area contributed by atoms with Gasteiger partial charge in [0.1, 0.15) is 12.4 Å². The Morgan fingerprint density at radius 2 is 1.71 bits per heavy atom. The molecule has 31 heavy (non-hydrogen) atoms. The average Bonchev–Trinajstić information content (AvgIpc) is 3.25. The summed E-state index contributed by atoms with van der Waals surface area (Å²) in [6.45, 7) is 10.8. The van der Waals surface area contributed by atoms with Gasteiger partial charge in [-0.25, -0.2) is 0 Å². The average molecular weight is 447 g/mol. The lowest BCUT2D eigenvalue weighted by Crippen LogP contribution is -2.43. The van der Waals surface area contributed by atoms with E-state index in [4.69, 9.17) is 4.74 Å². The van der Waals surface area contributed by atoms with Crippen LogP contribution in [-0.2, 0) is 19.8 Å². The maximum absolute atomic E-state index is 11.1. The van der Waals surface area contributed by atoms with Crippen molar-refractivity contribution >= 4 is 16.9 Å². The summed E-state index contributed by atoms with van der Waals surface area (Å²) >= 11 is 1.67. The summed E-state index contributed by atoms with van der Waals surface area (Å²) in [4.78, 5) is 1.12. The molecular weight excluding hydrogens is 408 g/mol. The number of hydrogen-bond acceptors (Lipinski definition) is 5. The van der Waals surface area contributed by atoms with Gasteiger partial charge in [-0.3, -0.25) is 0 Å². The molecule has 0 spiro atoms. The molecule has 0 unspecified atom stereocenters. The van der Waals surface area contributed by atoms with Crippen molar-refractivity contribution in [1.82, 2.24) is 0 Å². The molecule has 0 aliphatic heterocycles. The number of thiophene rings is 1. The zero-order valence-corrected chi connectivity index (χ0v) is 20.4. The van der Waals surface area contributed by atoms with Gasteiger partial charge in [-0.05, 0) is 76.9 Å². The first-order chi connectivity index (χ1) is 14.7. The molecule has 1 heterocycles. The minimum Gasteiger partial charge on any atom is -0.488 e. The predicted octanol–water partition coefficient (Wildman–Crippen LogP) is 6.07. The second kappa shape index (κ2) is 11.3. The van der Waals surface area contributed by atoms with Crippen molar-refractivity contribution in [3.63, 3.8) is 0 Å². The Morgan fingerprint density at radius 1 is 1.03 bits per heavy atom. The number of benzene rings is 1. The van der Waals surface area contributed by atoms with Gasteiger partial charge in [0, 0.05) is 4.88 Å². The highest BCUT2D eigenvalue weighted by atomic mass is 32.1. The largest absolute Gasteiger partial charge is 0.488 e. The number of allylic oxidation sites excluding steroid dienone is 2. The molecule has 3 N–H and O–H groups in total. The summed E-state index contributed by atoms with van der Waals surface area (Å²) in [6, 6.07) is 7.56. The Kier molecular flexibility index (Phi) is 9.31. The third kappa shape index (κ3) is 6.19. The van der Waals surface area contributed by atoms with Crippen LogP contribution in [0, 0.1) is 5.41 Å². The van der Waals surface area contributed by atoms with Crippen LogP contribution in [0.25, 0.3) is 5.57 Å². The zero-order valence-electron chi connectivity index (χ0n) is 19.6. The minimum atomic E-state index is -0.688. The first-order valence-electron chi connectivity index (χ1n) is 11.2. The van der Waals surface area contributed by atoms with Crippen molar-refractivity contribution < 1.29 is 20.1 Å². The first-order valence-corrected chi connectivity index (χ1v) is 12.1. The van der Waals surface area contributed by atoms with Gasteiger partial charge in [-0.15, -0.1) is 11.3 Å². The summed E-state index contributed by atoms with van der Waals surface area (Å²) in [5.74, 6) is 0.678. The third-order valence-electron chi connectivity index (χ3n) is 6.44. The van der Waals surface area contributed by atoms with Gasteiger partial charge < -0.3 is 20.1 Å². The van der Waals surface area contributed by atoms with Crippen molar-refractivity contribution in [3.05, 3.63) is 57.3 Å². The third-order valence-corrected chi connectivity index (χ3v) is 7.35. The van der Waals surface area contributed by atoms with E-state index in [1.54, 1.807) is 23.5 Å². The van der Waals surface area contributed by atoms with Crippen molar-refractivity contribution in [2.24, 2.45) is 5.41 Å². The monoisotopic (exact) mass is 446 g/mol. The van der Waals surface area contributed by atoms with Crippen LogP contribution in [0.4, 0.5) is 0 Å². The molecule has 0 amide bonds. The number of hydrogen-bond donors (Lipinski definition) is 3. The molecule has 4 nitrogen and oxygen atoms in total. The SMILES string of the molecule is CC/C=C(/CC(C)(C)C(O)(CC)CC)c1csc(COc2ccc(CO)c(CO)c2)c1. The summed E-state index contributed by atoms with van der Waals surface area (Å²) in [7, 11) is 0. The molecule has 2 rings (SSSR count). The second-order valence-electron chi connectivity index (χ2n) is 8.77. The van der Waals surface area contributed by atoms with Crippen LogP contribution in [0.5, 0.6) is 5.75 Å². The van der Waals surface area contributed by atoms with Crippen LogP contribution in [0.15, 0.2) is 35.7 Å². The number of aliphatic hydroxyl groups is 3. The quantitative estimate of drug-likeness (QED) is 0.370. The van der Waals surface area contributed by atoms with Gasteiger partial charge in [-0.2, -0.15) is 0 Å². The lowest BCUT2D eigenvalue weighted by atomic mass is 9.67. The van der Waals surface area contributed by atoms with E-state index in [-0.39, 0.29) is 18.6 Å². The van der Waals surface area contributed by atoms with Gasteiger partial charge >= 0.3 is 0 Å². The Bertz CT molecular complexity index is 862. The predicted molar refractivity (Wildman–Crippen MR) is 129 cm³/mol. The van der Waals surface area contributed by atoms with Gasteiger partial charge in [0.15, 0.2) is 0 Å². The first kappa shape index (κ1) is 25.6. The zero-order chi connectivity index (χ0) is 23.1. The topological polar surface area (TPSA) is 69.9 Å². The van der Waals surface area contributed by atoms with E-state index in [9.17, 15) is 15.3 Å². The molecule has 0 atom stereocenters. The highest BCUT2D eigenvalue weighted by Crippen LogP contribution is 2.44. The lowest BCUT2D eigenvalue weighted by molar-refractivity contribution is -0.0706. The fourth-order valence-electron chi connectivity index (χ4n) is 4.16. The van der Waals surface area contributed by atoms with E-state index >= 15 is 0 Å². The van der Waals surface area contributed by atoms with Crippen LogP contribution < -0.4 is 4.74 Å². The highest BCUT2D eigenvalue weighted by molar-refractivity contribution is 7.10. The summed E-state index contributed by atoms with van der Waals surface area (Å²) in [5.41, 5.74) is 2.94. The van der Waals surface area contributed by atoms with E-state index in [2.05, 4.69) is 52.1 Å². The van der Waals surface area contributed by atoms with Crippen molar-refractivity contribution in [1.29, 1.82) is 0 Å². The molecule has 1 aromatic carbocycles. The molecule has 0 aliphatic rings. The fourth-order valence-corrected chi connectivity index (χ4v) is 4.98. The molecule has 0 saturated heterocycles. The van der Waals surface area contributed by atoms with E-state index < -0.39 is 5.60 Å². The number of aliphatic hydroxyl groups excluding tert-OH is 2. The molecule has 0 radical (unpaired) electrons. The molecule has 0 aliphatic carbocycles. The molecule has 0 fully saturated rings. The molecular formula is C26H38O4S. The van der Waals surface area contributed by atoms with Crippen LogP contribution in [0.2, 0.25) is 0 Å². The van der Waals surface area contributed by atoms with Gasteiger partial charge in [0.25, 0.3) is 0 Å². The van der Waals surface area contributed by atoms with E-state index in [0.29, 0.717) is 23.5 Å². The van der Waals surface area contributed by atoms with Crippen LogP contribution in [0.3, 0.4) is 0 Å². The van der Waals surface area contributed by atoms with Crippen LogP contribution in [0.1, 0.15) is 81.9 Å². The summed E-state index contributed by atoms with van der Waals surface area (Å²) in [5, 5.41) is 32.1. The highest BCUT2D eigenvalue weighted by Gasteiger charge is 2.40. The maximum Gasteiger partial charge on any atom is 0.122 e. The number of rotatable bonds is 12. The van der Waals surface area contributed by atoms with Crippen molar-refractivity contribution in [2.45, 2.75) is 85.7 Å². The fraction of sp³-hybridized carbons (Fsp3) is 0.538. The van der Waals surface area contributed by atoms with Crippen LogP contribution >= 0.6 is 11.3 Å². The lowest BCUT2D eigenvalue weighted by Gasteiger charge is -2.42. The maximum atomic E-state index is 11.1. The molecule has 0 bridgehead atoms. The van der Waals surface area contributed by atoms with E-state index in [0.717, 1.165) is 30.6 Å². The molecule has 1 aromatic heterocycles. The smallest absolute Gasteiger partial charge is 0.122 e. The minimum absolute atomic E-state index is 0.0987. The van der Waals surface area contributed by atoms with Gasteiger partial charge in [0.2, 0.25) is 0 Å². The van der Waals surface area contributed by atoms with E-state index in [1.165, 1.54) is 11.1 Å². The Hall–Kier alpha value is -1.66. The Morgan fingerprint density at radius 3 is 2.29 bits per heavy atom. The van der Waals surface area contributed by atoms with Gasteiger partial charge in [0.05, 0.1) is 18.8 Å². The van der Waals surface area contributed by atoms with Gasteiger partial charge in [-0.1, -0.05) is 46.8 Å². The molecule has 0 saturated carbocycles. The second-order valence-corrected chi connectivity index (χ2v) is 9.77. The Labute approximate surface area is 191 Å². The Balaban J connectivity index is 2.14. The van der Waals surface area contributed by atoms with Crippen molar-refractivity contribution in [2.75, 3.05) is 0 Å². The number of ether oxygens (including phenoxy) is 1.